The number of hydrogen-bond acceptors (Lipinski definition) is 8. The van der Waals surface area contributed by atoms with E-state index in [0.717, 1.165) is 25.6 Å². The number of ketones is 1. The summed E-state index contributed by atoms with van der Waals surface area (Å²) in [7, 11) is 2.99. The normalized spacial score (nSPS) is 8.43. The number of para-hydroxylation sites is 1. The summed E-state index contributed by atoms with van der Waals surface area (Å²) in [6.45, 7) is 2.13. The van der Waals surface area contributed by atoms with Crippen molar-refractivity contribution in [2.24, 2.45) is 0 Å². The van der Waals surface area contributed by atoms with Crippen molar-refractivity contribution in [3.63, 3.8) is 0 Å². The Morgan fingerprint density at radius 1 is 1.30 bits per heavy atom. The van der Waals surface area contributed by atoms with E-state index in [4.69, 9.17) is 25.0 Å². The van der Waals surface area contributed by atoms with E-state index < -0.39 is 5.82 Å². The SMILES string of the molecule is C=O.COCn1cc(C(=O)c2nc(C#N)cs2)c2cccc(F)c21.C[O-].C[O-].[Na+].[Na+]. The average molecular weight is 453 g/mol. The molecule has 0 atom stereocenters. The number of halogens is 1. The molecule has 2 aromatic heterocycles. The largest absolute Gasteiger partial charge is 1.00 e. The van der Waals surface area contributed by atoms with E-state index in [1.54, 1.807) is 18.3 Å². The number of thiazole rings is 1. The van der Waals surface area contributed by atoms with E-state index in [0.29, 0.717) is 16.5 Å². The Hall–Kier alpha value is -0.970. The van der Waals surface area contributed by atoms with Crippen LogP contribution in [0.3, 0.4) is 0 Å². The molecule has 3 aromatic rings. The van der Waals surface area contributed by atoms with Crippen LogP contribution < -0.4 is 69.3 Å². The molecule has 150 valence electrons. The van der Waals surface area contributed by atoms with Gasteiger partial charge in [0.2, 0.25) is 5.78 Å². The third-order valence-corrected chi connectivity index (χ3v) is 4.02. The molecular formula is C18H18FN3Na2O5S. The summed E-state index contributed by atoms with van der Waals surface area (Å²) in [6.07, 6.45) is 1.55. The average Bonchev–Trinajstić information content (AvgIpc) is 3.38. The Bertz CT molecular complexity index is 944. The van der Waals surface area contributed by atoms with Gasteiger partial charge in [-0.25, -0.2) is 9.37 Å². The van der Waals surface area contributed by atoms with Gasteiger partial charge in [-0.1, -0.05) is 12.1 Å². The topological polar surface area (TPSA) is 131 Å². The van der Waals surface area contributed by atoms with Gasteiger partial charge in [-0.2, -0.15) is 19.5 Å². The summed E-state index contributed by atoms with van der Waals surface area (Å²) >= 11 is 1.10. The Labute approximate surface area is 221 Å². The fourth-order valence-electron chi connectivity index (χ4n) is 2.28. The molecule has 0 amide bonds. The predicted octanol–water partition coefficient (Wildman–Crippen LogP) is -5.28. The Morgan fingerprint density at radius 2 is 1.90 bits per heavy atom. The first-order chi connectivity index (χ1) is 13.7. The summed E-state index contributed by atoms with van der Waals surface area (Å²) in [4.78, 5) is 24.5. The molecule has 0 radical (unpaired) electrons. The summed E-state index contributed by atoms with van der Waals surface area (Å²) in [5, 5.41) is 27.5. The number of aromatic nitrogens is 2. The number of nitrogens with zero attached hydrogens (tertiary/aromatic N) is 3. The fraction of sp³-hybridized carbons (Fsp3) is 0.222. The van der Waals surface area contributed by atoms with Gasteiger partial charge in [0.1, 0.15) is 25.4 Å². The van der Waals surface area contributed by atoms with Crippen molar-refractivity contribution >= 4 is 34.8 Å². The number of benzene rings is 1. The van der Waals surface area contributed by atoms with Crippen LogP contribution in [0.25, 0.3) is 10.9 Å². The van der Waals surface area contributed by atoms with Crippen molar-refractivity contribution in [2.75, 3.05) is 21.3 Å². The van der Waals surface area contributed by atoms with Gasteiger partial charge in [0.05, 0.1) is 11.1 Å². The molecule has 0 spiro atoms. The quantitative estimate of drug-likeness (QED) is 0.285. The minimum Gasteiger partial charge on any atom is -0.857 e. The number of carbonyl (C=O) groups is 2. The van der Waals surface area contributed by atoms with Crippen molar-refractivity contribution < 1.29 is 88.0 Å². The zero-order valence-corrected chi connectivity index (χ0v) is 22.3. The first-order valence-corrected chi connectivity index (χ1v) is 8.30. The number of hydrogen-bond donors (Lipinski definition) is 0. The van der Waals surface area contributed by atoms with Crippen LogP contribution in [-0.2, 0) is 16.3 Å². The molecule has 0 aliphatic rings. The maximum absolute atomic E-state index is 14.1. The van der Waals surface area contributed by atoms with Crippen LogP contribution in [0.2, 0.25) is 0 Å². The van der Waals surface area contributed by atoms with Crippen LogP contribution in [0.15, 0.2) is 29.8 Å². The second-order valence-corrected chi connectivity index (χ2v) is 5.40. The van der Waals surface area contributed by atoms with Gasteiger partial charge in [-0.3, -0.25) is 4.79 Å². The summed E-state index contributed by atoms with van der Waals surface area (Å²) in [5.41, 5.74) is 0.843. The third-order valence-electron chi connectivity index (χ3n) is 3.17. The number of fused-ring (bicyclic) bond motifs is 1. The van der Waals surface area contributed by atoms with E-state index in [1.165, 1.54) is 23.1 Å². The minimum atomic E-state index is -0.426. The number of ether oxygens (including phenoxy) is 1. The van der Waals surface area contributed by atoms with Crippen LogP contribution in [0.5, 0.6) is 0 Å². The molecule has 2 heterocycles. The van der Waals surface area contributed by atoms with E-state index in [1.807, 2.05) is 12.9 Å². The van der Waals surface area contributed by atoms with Gasteiger partial charge in [0, 0.05) is 24.1 Å². The van der Waals surface area contributed by atoms with Crippen molar-refractivity contribution in [1.82, 2.24) is 9.55 Å². The smallest absolute Gasteiger partial charge is 0.857 e. The van der Waals surface area contributed by atoms with E-state index in [-0.39, 0.29) is 82.3 Å². The van der Waals surface area contributed by atoms with Gasteiger partial charge in [0.25, 0.3) is 0 Å². The molecule has 0 saturated carbocycles. The summed E-state index contributed by atoms with van der Waals surface area (Å²) < 4.78 is 20.6. The molecule has 12 heteroatoms. The van der Waals surface area contributed by atoms with Gasteiger partial charge in [0.15, 0.2) is 10.7 Å². The van der Waals surface area contributed by atoms with E-state index >= 15 is 0 Å². The molecule has 0 saturated heterocycles. The molecular weight excluding hydrogens is 435 g/mol. The van der Waals surface area contributed by atoms with Crippen LogP contribution >= 0.6 is 11.3 Å². The van der Waals surface area contributed by atoms with E-state index in [2.05, 4.69) is 4.98 Å². The number of nitriles is 1. The Morgan fingerprint density at radius 3 is 2.40 bits per heavy atom. The summed E-state index contributed by atoms with van der Waals surface area (Å²) in [6, 6.07) is 6.45. The molecule has 1 aromatic carbocycles. The number of methoxy groups -OCH3 is 1. The number of carbonyl (C=O) groups excluding carboxylic acids is 2. The molecule has 0 fully saturated rings. The maximum atomic E-state index is 14.1. The first-order valence-electron chi connectivity index (χ1n) is 7.43. The van der Waals surface area contributed by atoms with Crippen LogP contribution in [-0.4, -0.2) is 43.5 Å². The van der Waals surface area contributed by atoms with Crippen LogP contribution in [0.1, 0.15) is 21.1 Å². The van der Waals surface area contributed by atoms with Crippen LogP contribution in [0.4, 0.5) is 4.39 Å². The summed E-state index contributed by atoms with van der Waals surface area (Å²) in [5.74, 6) is -0.762. The van der Waals surface area contributed by atoms with Crippen molar-refractivity contribution in [3.8, 4) is 6.07 Å². The second kappa shape index (κ2) is 18.8. The van der Waals surface area contributed by atoms with Gasteiger partial charge in [-0.05, 0) is 6.07 Å². The molecule has 0 unspecified atom stereocenters. The molecule has 0 aliphatic carbocycles. The maximum Gasteiger partial charge on any atom is 1.00 e. The molecule has 0 aliphatic heterocycles. The number of rotatable bonds is 4. The zero-order valence-electron chi connectivity index (χ0n) is 17.5. The molecule has 0 N–H and O–H groups in total. The minimum absolute atomic E-state index is 0. The monoisotopic (exact) mass is 453 g/mol. The van der Waals surface area contributed by atoms with Gasteiger partial charge < -0.3 is 24.3 Å². The first kappa shape index (κ1) is 33.7. The zero-order chi connectivity index (χ0) is 21.7. The van der Waals surface area contributed by atoms with Gasteiger partial charge >= 0.3 is 59.1 Å². The molecule has 8 nitrogen and oxygen atoms in total. The fourth-order valence-corrected chi connectivity index (χ4v) is 2.98. The molecule has 3 rings (SSSR count). The van der Waals surface area contributed by atoms with Gasteiger partial charge in [-0.15, -0.1) is 11.3 Å². The van der Waals surface area contributed by atoms with Crippen molar-refractivity contribution in [2.45, 2.75) is 6.73 Å². The third kappa shape index (κ3) is 8.28. The Kier molecular flexibility index (Phi) is 21.1. The standard InChI is InChI=1S/C15H10FN3O2S.2CH3O.CH2O.2Na/c1-21-8-19-6-11(10-3-2-4-12(16)13(10)19)14(20)15-18-9(5-17)7-22-15;3*1-2;;/h2-4,6-7H,8H2,1H3;2*1H3;1H2;;/q;2*-1;;2*+1. The predicted molar refractivity (Wildman–Crippen MR) is 98.1 cm³/mol. The van der Waals surface area contributed by atoms with Crippen LogP contribution in [0, 0.1) is 17.1 Å². The molecule has 0 bridgehead atoms. The van der Waals surface area contributed by atoms with Crippen molar-refractivity contribution in [3.05, 3.63) is 51.9 Å². The van der Waals surface area contributed by atoms with E-state index in [9.17, 15) is 9.18 Å². The molecule has 30 heavy (non-hydrogen) atoms. The van der Waals surface area contributed by atoms with Crippen molar-refractivity contribution in [1.29, 1.82) is 5.26 Å². The second-order valence-electron chi connectivity index (χ2n) is 4.55. The Balaban J connectivity index is -0.000000839.